The Labute approximate surface area is 266 Å². The molecule has 1 fully saturated rings. The van der Waals surface area contributed by atoms with E-state index >= 15 is 0 Å². The Bertz CT molecular complexity index is 1820. The molecule has 1 aliphatic carbocycles. The first kappa shape index (κ1) is 31.0. The van der Waals surface area contributed by atoms with Crippen LogP contribution >= 0.6 is 11.6 Å². The maximum atomic E-state index is 13.6. The van der Waals surface area contributed by atoms with Crippen molar-refractivity contribution in [1.29, 1.82) is 0 Å². The largest absolute Gasteiger partial charge is 0.478 e. The van der Waals surface area contributed by atoms with Gasteiger partial charge in [0.05, 0.1) is 16.3 Å². The minimum Gasteiger partial charge on any atom is -0.478 e. The van der Waals surface area contributed by atoms with Gasteiger partial charge in [0.1, 0.15) is 16.7 Å². The third kappa shape index (κ3) is 5.23. The van der Waals surface area contributed by atoms with E-state index in [1.54, 1.807) is 0 Å². The van der Waals surface area contributed by atoms with E-state index in [-0.39, 0.29) is 23.6 Å². The van der Waals surface area contributed by atoms with Crippen molar-refractivity contribution < 1.29 is 32.2 Å². The number of carbonyl (C=O) groups is 1. The fraction of sp³-hybridized carbons (Fsp3) is 0.229. The maximum absolute atomic E-state index is 13.6. The van der Waals surface area contributed by atoms with Crippen LogP contribution in [0.1, 0.15) is 42.9 Å². The molecular formula is C35H31ClFNO6S. The number of halogens is 2. The minimum absolute atomic E-state index is 0.0303. The number of rotatable bonds is 8. The third-order valence-electron chi connectivity index (χ3n) is 8.62. The Kier molecular flexibility index (Phi) is 8.07. The summed E-state index contributed by atoms with van der Waals surface area (Å²) in [4.78, 5) is 12.8. The molecule has 2 N–H and O–H groups in total. The Morgan fingerprint density at radius 1 is 0.911 bits per heavy atom. The van der Waals surface area contributed by atoms with Crippen molar-refractivity contribution in [3.63, 3.8) is 0 Å². The van der Waals surface area contributed by atoms with Gasteiger partial charge in [-0.2, -0.15) is 0 Å². The Hall–Kier alpha value is -4.02. The van der Waals surface area contributed by atoms with E-state index in [1.165, 1.54) is 12.1 Å². The van der Waals surface area contributed by atoms with Gasteiger partial charge in [-0.15, -0.1) is 0 Å². The van der Waals surface area contributed by atoms with Crippen molar-refractivity contribution in [2.24, 2.45) is 0 Å². The zero-order chi connectivity index (χ0) is 31.9. The van der Waals surface area contributed by atoms with Crippen LogP contribution in [0.15, 0.2) is 121 Å². The average Bonchev–Trinajstić information content (AvgIpc) is 3.35. The molecule has 0 amide bonds. The van der Waals surface area contributed by atoms with Gasteiger partial charge in [0.15, 0.2) is 11.4 Å². The molecule has 0 radical (unpaired) electrons. The molecule has 7 nitrogen and oxygen atoms in total. The van der Waals surface area contributed by atoms with Crippen LogP contribution in [0.2, 0.25) is 5.02 Å². The number of hydrogen-bond acceptors (Lipinski definition) is 5. The number of aliphatic carboxylic acids is 1. The Morgan fingerprint density at radius 2 is 1.47 bits per heavy atom. The van der Waals surface area contributed by atoms with Crippen LogP contribution in [0.3, 0.4) is 0 Å². The summed E-state index contributed by atoms with van der Waals surface area (Å²) in [7, 11) is -4.35. The topological polar surface area (TPSA) is 102 Å². The summed E-state index contributed by atoms with van der Waals surface area (Å²) in [6.45, 7) is 1.99. The number of anilines is 1. The highest BCUT2D eigenvalue weighted by atomic mass is 35.5. The lowest BCUT2D eigenvalue weighted by atomic mass is 9.68. The normalized spacial score (nSPS) is 24.2. The molecule has 2 aliphatic rings. The molecule has 6 rings (SSSR count). The summed E-state index contributed by atoms with van der Waals surface area (Å²) in [5, 5.41) is 8.77. The first-order chi connectivity index (χ1) is 21.6. The van der Waals surface area contributed by atoms with E-state index in [0.29, 0.717) is 6.42 Å². The van der Waals surface area contributed by atoms with Crippen LogP contribution in [0.5, 0.6) is 0 Å². The standard InChI is InChI=1S/C35H31ClFNO6S/c1-2-34(24-12-6-3-7-13-24)35(25-14-8-4-9-15-25,26-16-10-5-11-17-26)44-33(43-34)21-20-31(28(23-33)32(39)40)45(41,42)38-30-19-18-27(37)22-29(30)36/h3-19,22-23,31,38H,2,20-21H2,1H3,(H,39,40)/t31?,33?,34-/m1/s1. The summed E-state index contributed by atoms with van der Waals surface area (Å²) in [5.41, 5.74) is -0.442. The zero-order valence-corrected chi connectivity index (χ0v) is 25.9. The molecule has 1 spiro atoms. The summed E-state index contributed by atoms with van der Waals surface area (Å²) in [6.07, 6.45) is 1.63. The number of carboxylic acid groups (broad SMARTS) is 1. The molecule has 2 unspecified atom stereocenters. The average molecular weight is 648 g/mol. The van der Waals surface area contributed by atoms with Crippen molar-refractivity contribution in [3.05, 3.63) is 148 Å². The first-order valence-electron chi connectivity index (χ1n) is 14.6. The van der Waals surface area contributed by atoms with E-state index in [9.17, 15) is 22.7 Å². The summed E-state index contributed by atoms with van der Waals surface area (Å²) in [5.74, 6) is -3.67. The number of carboxylic acids is 1. The van der Waals surface area contributed by atoms with E-state index in [4.69, 9.17) is 21.1 Å². The molecule has 1 aliphatic heterocycles. The molecule has 3 atom stereocenters. The molecule has 0 saturated carbocycles. The molecular weight excluding hydrogens is 617 g/mol. The van der Waals surface area contributed by atoms with Crippen molar-refractivity contribution in [2.75, 3.05) is 4.72 Å². The second-order valence-corrected chi connectivity index (χ2v) is 13.4. The predicted octanol–water partition coefficient (Wildman–Crippen LogP) is 7.39. The number of hydrogen-bond donors (Lipinski definition) is 2. The van der Waals surface area contributed by atoms with Gasteiger partial charge >= 0.3 is 5.97 Å². The summed E-state index contributed by atoms with van der Waals surface area (Å²) < 4.78 is 57.5. The molecule has 45 heavy (non-hydrogen) atoms. The maximum Gasteiger partial charge on any atom is 0.332 e. The number of ether oxygens (including phenoxy) is 2. The van der Waals surface area contributed by atoms with Gasteiger partial charge < -0.3 is 14.6 Å². The molecule has 1 saturated heterocycles. The minimum atomic E-state index is -4.35. The smallest absolute Gasteiger partial charge is 0.332 e. The van der Waals surface area contributed by atoms with E-state index in [2.05, 4.69) is 4.72 Å². The molecule has 1 heterocycles. The molecule has 4 aromatic carbocycles. The van der Waals surface area contributed by atoms with Crippen molar-refractivity contribution >= 4 is 33.3 Å². The molecule has 0 bridgehead atoms. The van der Waals surface area contributed by atoms with E-state index < -0.39 is 49.6 Å². The molecule has 0 aromatic heterocycles. The number of sulfonamides is 1. The van der Waals surface area contributed by atoms with Gasteiger partial charge in [0, 0.05) is 6.42 Å². The van der Waals surface area contributed by atoms with E-state index in [0.717, 1.165) is 28.8 Å². The van der Waals surface area contributed by atoms with Gasteiger partial charge in [-0.05, 0) is 53.8 Å². The van der Waals surface area contributed by atoms with Gasteiger partial charge in [-0.1, -0.05) is 110 Å². The lowest BCUT2D eigenvalue weighted by molar-refractivity contribution is -0.170. The molecule has 10 heteroatoms. The quantitative estimate of drug-likeness (QED) is 0.207. The molecule has 232 valence electrons. The van der Waals surface area contributed by atoms with Crippen molar-refractivity contribution in [2.45, 2.75) is 48.4 Å². The monoisotopic (exact) mass is 647 g/mol. The van der Waals surface area contributed by atoms with Crippen LogP contribution in [0.25, 0.3) is 0 Å². The fourth-order valence-corrected chi connectivity index (χ4v) is 8.52. The second kappa shape index (κ2) is 11.7. The van der Waals surface area contributed by atoms with Gasteiger partial charge in [0.25, 0.3) is 0 Å². The highest BCUT2D eigenvalue weighted by Gasteiger charge is 2.68. The van der Waals surface area contributed by atoms with Crippen LogP contribution in [-0.4, -0.2) is 30.5 Å². The van der Waals surface area contributed by atoms with E-state index in [1.807, 2.05) is 97.9 Å². The second-order valence-electron chi connectivity index (χ2n) is 11.2. The third-order valence-corrected chi connectivity index (χ3v) is 10.7. The highest BCUT2D eigenvalue weighted by molar-refractivity contribution is 7.93. The van der Waals surface area contributed by atoms with Crippen LogP contribution in [0.4, 0.5) is 10.1 Å². The lowest BCUT2D eigenvalue weighted by Gasteiger charge is -2.43. The summed E-state index contributed by atoms with van der Waals surface area (Å²) >= 11 is 6.09. The number of nitrogens with one attached hydrogen (secondary N) is 1. The lowest BCUT2D eigenvalue weighted by Crippen LogP contribution is -2.47. The van der Waals surface area contributed by atoms with Crippen molar-refractivity contribution in [1.82, 2.24) is 0 Å². The Morgan fingerprint density at radius 3 is 1.98 bits per heavy atom. The van der Waals surface area contributed by atoms with Gasteiger partial charge in [0.2, 0.25) is 10.0 Å². The molecule has 4 aromatic rings. The predicted molar refractivity (Wildman–Crippen MR) is 170 cm³/mol. The highest BCUT2D eigenvalue weighted by Crippen LogP contribution is 2.63. The van der Waals surface area contributed by atoms with Crippen LogP contribution in [0, 0.1) is 5.82 Å². The van der Waals surface area contributed by atoms with Crippen LogP contribution < -0.4 is 4.72 Å². The van der Waals surface area contributed by atoms with Gasteiger partial charge in [-0.25, -0.2) is 17.6 Å². The van der Waals surface area contributed by atoms with Crippen molar-refractivity contribution in [3.8, 4) is 0 Å². The van der Waals surface area contributed by atoms with Gasteiger partial charge in [-0.3, -0.25) is 4.72 Å². The fourth-order valence-electron chi connectivity index (χ4n) is 6.69. The zero-order valence-electron chi connectivity index (χ0n) is 24.3. The summed E-state index contributed by atoms with van der Waals surface area (Å²) in [6, 6.07) is 32.2. The first-order valence-corrected chi connectivity index (χ1v) is 16.5. The van der Waals surface area contributed by atoms with Crippen LogP contribution in [-0.2, 0) is 35.5 Å². The Balaban J connectivity index is 1.53. The number of benzene rings is 4. The SMILES string of the molecule is CC[C@]1(c2ccccc2)OC2(C=C(C(=O)O)C(S(=O)(=O)Nc3ccc(F)cc3Cl)CC2)OC1(c1ccccc1)c1ccccc1.